The van der Waals surface area contributed by atoms with Crippen LogP contribution in [0, 0.1) is 19.8 Å². The molecular formula is C17H20N2. The van der Waals surface area contributed by atoms with Crippen LogP contribution < -0.4 is 5.32 Å². The van der Waals surface area contributed by atoms with E-state index in [0.717, 1.165) is 17.3 Å². The van der Waals surface area contributed by atoms with Crippen LogP contribution in [-0.2, 0) is 0 Å². The largest absolute Gasteiger partial charge is 0.377 e. The zero-order valence-corrected chi connectivity index (χ0v) is 11.6. The molecule has 1 N–H and O–H groups in total. The van der Waals surface area contributed by atoms with Crippen molar-refractivity contribution in [3.05, 3.63) is 59.4 Å². The van der Waals surface area contributed by atoms with Crippen LogP contribution in [0.15, 0.2) is 42.6 Å². The molecule has 19 heavy (non-hydrogen) atoms. The summed E-state index contributed by atoms with van der Waals surface area (Å²) in [7, 11) is 0. The van der Waals surface area contributed by atoms with Crippen molar-refractivity contribution in [2.45, 2.75) is 32.7 Å². The summed E-state index contributed by atoms with van der Waals surface area (Å²) in [4.78, 5) is 4.36. The topological polar surface area (TPSA) is 24.9 Å². The van der Waals surface area contributed by atoms with E-state index in [4.69, 9.17) is 0 Å². The van der Waals surface area contributed by atoms with Crippen LogP contribution in [0.5, 0.6) is 0 Å². The molecule has 1 aliphatic rings. The summed E-state index contributed by atoms with van der Waals surface area (Å²) >= 11 is 0. The van der Waals surface area contributed by atoms with E-state index in [2.05, 4.69) is 53.6 Å². The smallest absolute Gasteiger partial charge is 0.0542 e. The Morgan fingerprint density at radius 2 is 1.79 bits per heavy atom. The van der Waals surface area contributed by atoms with Gasteiger partial charge in [-0.05, 0) is 50.3 Å². The fourth-order valence-corrected chi connectivity index (χ4v) is 2.41. The number of pyridine rings is 1. The van der Waals surface area contributed by atoms with Gasteiger partial charge in [0.25, 0.3) is 0 Å². The van der Waals surface area contributed by atoms with E-state index in [1.165, 1.54) is 24.0 Å². The Hall–Kier alpha value is -1.83. The van der Waals surface area contributed by atoms with Gasteiger partial charge in [0.05, 0.1) is 17.9 Å². The normalized spacial score (nSPS) is 16.1. The lowest BCUT2D eigenvalue weighted by molar-refractivity contribution is 0.678. The highest BCUT2D eigenvalue weighted by molar-refractivity contribution is 5.44. The molecule has 2 aromatic rings. The molecule has 1 aromatic carbocycles. The number of anilines is 1. The van der Waals surface area contributed by atoms with Crippen molar-refractivity contribution in [3.8, 4) is 0 Å². The van der Waals surface area contributed by atoms with Gasteiger partial charge in [0.1, 0.15) is 0 Å². The molecule has 1 heterocycles. The molecule has 1 unspecified atom stereocenters. The number of benzene rings is 1. The van der Waals surface area contributed by atoms with Crippen LogP contribution >= 0.6 is 0 Å². The molecule has 1 saturated carbocycles. The lowest BCUT2D eigenvalue weighted by atomic mass is 10.0. The van der Waals surface area contributed by atoms with Gasteiger partial charge in [0, 0.05) is 5.69 Å². The van der Waals surface area contributed by atoms with E-state index in [1.807, 2.05) is 13.1 Å². The first-order valence-electron chi connectivity index (χ1n) is 6.98. The quantitative estimate of drug-likeness (QED) is 0.879. The minimum absolute atomic E-state index is 0.421. The van der Waals surface area contributed by atoms with Gasteiger partial charge in [-0.2, -0.15) is 0 Å². The van der Waals surface area contributed by atoms with Gasteiger partial charge in [0.15, 0.2) is 0 Å². The Morgan fingerprint density at radius 3 is 2.37 bits per heavy atom. The molecule has 0 bridgehead atoms. The third-order valence-electron chi connectivity index (χ3n) is 3.76. The SMILES string of the molecule is Cc1ccc(C(Nc2ccc(C)nc2)C2CC2)cc1. The molecule has 1 aromatic heterocycles. The average Bonchev–Trinajstić information content (AvgIpc) is 3.24. The van der Waals surface area contributed by atoms with Crippen LogP contribution in [0.3, 0.4) is 0 Å². The van der Waals surface area contributed by atoms with Gasteiger partial charge in [-0.3, -0.25) is 4.98 Å². The Bertz CT molecular complexity index is 538. The van der Waals surface area contributed by atoms with Gasteiger partial charge in [-0.15, -0.1) is 0 Å². The third kappa shape index (κ3) is 2.95. The van der Waals surface area contributed by atoms with Crippen molar-refractivity contribution in [1.82, 2.24) is 4.98 Å². The van der Waals surface area contributed by atoms with Gasteiger partial charge < -0.3 is 5.32 Å². The van der Waals surface area contributed by atoms with Gasteiger partial charge in [0.2, 0.25) is 0 Å². The minimum atomic E-state index is 0.421. The molecule has 0 saturated heterocycles. The first-order chi connectivity index (χ1) is 9.22. The molecule has 2 nitrogen and oxygen atoms in total. The monoisotopic (exact) mass is 252 g/mol. The van der Waals surface area contributed by atoms with Gasteiger partial charge in [-0.1, -0.05) is 29.8 Å². The summed E-state index contributed by atoms with van der Waals surface area (Å²) in [6.07, 6.45) is 4.58. The van der Waals surface area contributed by atoms with E-state index < -0.39 is 0 Å². The zero-order chi connectivity index (χ0) is 13.2. The summed E-state index contributed by atoms with van der Waals surface area (Å²) < 4.78 is 0. The lowest BCUT2D eigenvalue weighted by Crippen LogP contribution is -2.13. The molecule has 98 valence electrons. The number of hydrogen-bond acceptors (Lipinski definition) is 2. The zero-order valence-electron chi connectivity index (χ0n) is 11.6. The maximum Gasteiger partial charge on any atom is 0.0542 e. The molecular weight excluding hydrogens is 232 g/mol. The molecule has 0 radical (unpaired) electrons. The second-order valence-corrected chi connectivity index (χ2v) is 5.56. The molecule has 0 aliphatic heterocycles. The van der Waals surface area contributed by atoms with Crippen LogP contribution in [0.4, 0.5) is 5.69 Å². The fraction of sp³-hybridized carbons (Fsp3) is 0.353. The molecule has 1 aliphatic carbocycles. The molecule has 1 fully saturated rings. The summed E-state index contributed by atoms with van der Waals surface area (Å²) in [5.74, 6) is 0.768. The summed E-state index contributed by atoms with van der Waals surface area (Å²) in [5.41, 5.74) is 4.87. The van der Waals surface area contributed by atoms with Crippen molar-refractivity contribution in [2.75, 3.05) is 5.32 Å². The Labute approximate surface area is 114 Å². The van der Waals surface area contributed by atoms with E-state index >= 15 is 0 Å². The highest BCUT2D eigenvalue weighted by Crippen LogP contribution is 2.42. The summed E-state index contributed by atoms with van der Waals surface area (Å²) in [6, 6.07) is 13.5. The first kappa shape index (κ1) is 12.2. The van der Waals surface area contributed by atoms with Crippen LogP contribution in [0.2, 0.25) is 0 Å². The maximum atomic E-state index is 4.36. The van der Waals surface area contributed by atoms with E-state index in [0.29, 0.717) is 6.04 Å². The van der Waals surface area contributed by atoms with Crippen molar-refractivity contribution in [1.29, 1.82) is 0 Å². The van der Waals surface area contributed by atoms with E-state index in [1.54, 1.807) is 0 Å². The molecule has 2 heteroatoms. The molecule has 3 rings (SSSR count). The second-order valence-electron chi connectivity index (χ2n) is 5.56. The number of hydrogen-bond donors (Lipinski definition) is 1. The standard InChI is InChI=1S/C17H20N2/c1-12-3-6-14(7-4-12)17(15-8-9-15)19-16-10-5-13(2)18-11-16/h3-7,10-11,15,17,19H,8-9H2,1-2H3. The number of aromatic nitrogens is 1. The maximum absolute atomic E-state index is 4.36. The van der Waals surface area contributed by atoms with Crippen LogP contribution in [0.25, 0.3) is 0 Å². The number of nitrogens with zero attached hydrogens (tertiary/aromatic N) is 1. The highest BCUT2D eigenvalue weighted by Gasteiger charge is 2.32. The van der Waals surface area contributed by atoms with Crippen LogP contribution in [-0.4, -0.2) is 4.98 Å². The van der Waals surface area contributed by atoms with Crippen molar-refractivity contribution < 1.29 is 0 Å². The van der Waals surface area contributed by atoms with E-state index in [-0.39, 0.29) is 0 Å². The Morgan fingerprint density at radius 1 is 1.05 bits per heavy atom. The van der Waals surface area contributed by atoms with E-state index in [9.17, 15) is 0 Å². The lowest BCUT2D eigenvalue weighted by Gasteiger charge is -2.20. The van der Waals surface area contributed by atoms with Crippen molar-refractivity contribution >= 4 is 5.69 Å². The van der Waals surface area contributed by atoms with Crippen molar-refractivity contribution in [3.63, 3.8) is 0 Å². The molecule has 0 amide bonds. The number of nitrogens with one attached hydrogen (secondary N) is 1. The second kappa shape index (κ2) is 5.04. The summed E-state index contributed by atoms with van der Waals surface area (Å²) in [5, 5.41) is 3.64. The van der Waals surface area contributed by atoms with Gasteiger partial charge in [-0.25, -0.2) is 0 Å². The average molecular weight is 252 g/mol. The van der Waals surface area contributed by atoms with Crippen molar-refractivity contribution in [2.24, 2.45) is 5.92 Å². The number of rotatable bonds is 4. The Balaban J connectivity index is 1.81. The summed E-state index contributed by atoms with van der Waals surface area (Å²) in [6.45, 7) is 4.15. The third-order valence-corrected chi connectivity index (χ3v) is 3.76. The number of aryl methyl sites for hydroxylation is 2. The molecule has 0 spiro atoms. The predicted molar refractivity (Wildman–Crippen MR) is 79.2 cm³/mol. The van der Waals surface area contributed by atoms with Gasteiger partial charge >= 0.3 is 0 Å². The highest BCUT2D eigenvalue weighted by atomic mass is 14.9. The predicted octanol–water partition coefficient (Wildman–Crippen LogP) is 4.26. The fourth-order valence-electron chi connectivity index (χ4n) is 2.41. The van der Waals surface area contributed by atoms with Crippen LogP contribution in [0.1, 0.15) is 35.7 Å². The first-order valence-corrected chi connectivity index (χ1v) is 6.98. The minimum Gasteiger partial charge on any atom is -0.377 e. The Kier molecular flexibility index (Phi) is 3.24. The molecule has 1 atom stereocenters.